The molecule has 19 heavy (non-hydrogen) atoms. The van der Waals surface area contributed by atoms with Gasteiger partial charge < -0.3 is 0 Å². The molecular weight excluding hydrogens is 267 g/mol. The summed E-state index contributed by atoms with van der Waals surface area (Å²) in [5.41, 5.74) is 0.793. The summed E-state index contributed by atoms with van der Waals surface area (Å²) >= 11 is 0. The molecule has 0 N–H and O–H groups in total. The maximum Gasteiger partial charge on any atom is 0.184 e. The molecule has 0 saturated carbocycles. The third kappa shape index (κ3) is 3.01. The molecule has 0 fully saturated rings. The first-order valence-corrected chi connectivity index (χ1v) is 7.41. The van der Waals surface area contributed by atoms with Gasteiger partial charge in [-0.05, 0) is 31.0 Å². The van der Waals surface area contributed by atoms with Crippen LogP contribution in [0.15, 0.2) is 41.6 Å². The Balaban J connectivity index is 2.19. The van der Waals surface area contributed by atoms with Crippen molar-refractivity contribution < 1.29 is 12.8 Å². The number of aryl methyl sites for hydroxylation is 1. The zero-order chi connectivity index (χ0) is 14.0. The van der Waals surface area contributed by atoms with Crippen LogP contribution in [0.1, 0.15) is 12.5 Å². The smallest absolute Gasteiger partial charge is 0.184 e. The van der Waals surface area contributed by atoms with E-state index in [0.29, 0.717) is 6.42 Å². The lowest BCUT2D eigenvalue weighted by molar-refractivity contribution is 0.582. The van der Waals surface area contributed by atoms with Gasteiger partial charge in [0.2, 0.25) is 0 Å². The van der Waals surface area contributed by atoms with Gasteiger partial charge >= 0.3 is 0 Å². The average Bonchev–Trinajstić information content (AvgIpc) is 2.79. The minimum absolute atomic E-state index is 0.213. The molecule has 0 bridgehead atoms. The van der Waals surface area contributed by atoms with Crippen molar-refractivity contribution in [2.75, 3.05) is 0 Å². The van der Waals surface area contributed by atoms with Gasteiger partial charge in [0.25, 0.3) is 0 Å². The number of nitrogens with zero attached hydrogens (tertiary/aromatic N) is 2. The van der Waals surface area contributed by atoms with Crippen molar-refractivity contribution in [1.29, 1.82) is 0 Å². The van der Waals surface area contributed by atoms with Crippen molar-refractivity contribution in [3.63, 3.8) is 0 Å². The molecule has 4 nitrogen and oxygen atoms in total. The first-order valence-electron chi connectivity index (χ1n) is 5.86. The van der Waals surface area contributed by atoms with Crippen molar-refractivity contribution >= 4 is 9.84 Å². The average molecular weight is 282 g/mol. The van der Waals surface area contributed by atoms with E-state index < -0.39 is 15.1 Å². The van der Waals surface area contributed by atoms with Crippen LogP contribution in [0.5, 0.6) is 0 Å². The molecule has 1 aromatic heterocycles. The number of rotatable bonds is 4. The van der Waals surface area contributed by atoms with Crippen LogP contribution >= 0.6 is 0 Å². The molecule has 1 aromatic carbocycles. The molecule has 0 radical (unpaired) electrons. The lowest BCUT2D eigenvalue weighted by atomic mass is 10.1. The summed E-state index contributed by atoms with van der Waals surface area (Å²) in [4.78, 5) is 0.213. The fourth-order valence-corrected chi connectivity index (χ4v) is 3.21. The highest BCUT2D eigenvalue weighted by Crippen LogP contribution is 2.18. The Morgan fingerprint density at radius 3 is 2.47 bits per heavy atom. The predicted octanol–water partition coefficient (Wildman–Crippen LogP) is 1.96. The zero-order valence-corrected chi connectivity index (χ0v) is 11.6. The van der Waals surface area contributed by atoms with Crippen LogP contribution in [0.2, 0.25) is 0 Å². The van der Waals surface area contributed by atoms with Gasteiger partial charge in [-0.1, -0.05) is 12.1 Å². The minimum atomic E-state index is -3.40. The van der Waals surface area contributed by atoms with Gasteiger partial charge in [0, 0.05) is 13.2 Å². The van der Waals surface area contributed by atoms with Crippen molar-refractivity contribution in [2.45, 2.75) is 23.5 Å². The van der Waals surface area contributed by atoms with Gasteiger partial charge in [0.05, 0.1) is 11.4 Å². The fourth-order valence-electron chi connectivity index (χ4n) is 1.84. The summed E-state index contributed by atoms with van der Waals surface area (Å²) in [6, 6.07) is 5.87. The van der Waals surface area contributed by atoms with E-state index in [2.05, 4.69) is 5.10 Å². The Morgan fingerprint density at radius 1 is 1.32 bits per heavy atom. The maximum absolute atomic E-state index is 12.8. The van der Waals surface area contributed by atoms with Crippen LogP contribution in [-0.2, 0) is 23.3 Å². The second kappa shape index (κ2) is 5.13. The molecule has 2 rings (SSSR count). The Bertz CT molecular complexity index is 662. The number of benzene rings is 1. The third-order valence-electron chi connectivity index (χ3n) is 2.98. The number of sulfone groups is 1. The van der Waals surface area contributed by atoms with E-state index in [4.69, 9.17) is 0 Å². The van der Waals surface area contributed by atoms with Crippen LogP contribution in [0.4, 0.5) is 4.39 Å². The zero-order valence-electron chi connectivity index (χ0n) is 10.7. The fraction of sp³-hybridized carbons (Fsp3) is 0.308. The van der Waals surface area contributed by atoms with Crippen LogP contribution in [0.25, 0.3) is 0 Å². The van der Waals surface area contributed by atoms with E-state index in [-0.39, 0.29) is 10.7 Å². The van der Waals surface area contributed by atoms with E-state index in [9.17, 15) is 12.8 Å². The van der Waals surface area contributed by atoms with Crippen LogP contribution < -0.4 is 0 Å². The van der Waals surface area contributed by atoms with Crippen molar-refractivity contribution in [2.24, 2.45) is 7.05 Å². The van der Waals surface area contributed by atoms with Gasteiger partial charge in [-0.2, -0.15) is 5.10 Å². The van der Waals surface area contributed by atoms with Crippen molar-refractivity contribution in [3.05, 3.63) is 48.0 Å². The largest absolute Gasteiger partial charge is 0.274 e. The lowest BCUT2D eigenvalue weighted by Crippen LogP contribution is -2.20. The van der Waals surface area contributed by atoms with Gasteiger partial charge in [-0.25, -0.2) is 12.8 Å². The van der Waals surface area contributed by atoms with Crippen molar-refractivity contribution in [1.82, 2.24) is 9.78 Å². The van der Waals surface area contributed by atoms with Crippen LogP contribution in [0, 0.1) is 5.82 Å². The van der Waals surface area contributed by atoms with Gasteiger partial charge in [0.15, 0.2) is 9.84 Å². The summed E-state index contributed by atoms with van der Waals surface area (Å²) in [6.45, 7) is 1.64. The second-order valence-corrected chi connectivity index (χ2v) is 6.90. The van der Waals surface area contributed by atoms with Crippen molar-refractivity contribution in [3.8, 4) is 0 Å². The van der Waals surface area contributed by atoms with E-state index in [0.717, 1.165) is 5.56 Å². The highest BCUT2D eigenvalue weighted by atomic mass is 32.2. The predicted molar refractivity (Wildman–Crippen MR) is 70.0 cm³/mol. The maximum atomic E-state index is 12.8. The van der Waals surface area contributed by atoms with E-state index >= 15 is 0 Å². The Hall–Kier alpha value is -1.69. The highest BCUT2D eigenvalue weighted by molar-refractivity contribution is 7.92. The van der Waals surface area contributed by atoms with Gasteiger partial charge in [-0.15, -0.1) is 0 Å². The van der Waals surface area contributed by atoms with E-state index in [1.54, 1.807) is 26.1 Å². The molecule has 0 amide bonds. The number of hydrogen-bond acceptors (Lipinski definition) is 3. The Kier molecular flexibility index (Phi) is 3.71. The van der Waals surface area contributed by atoms with E-state index in [1.807, 2.05) is 0 Å². The second-order valence-electron chi connectivity index (χ2n) is 4.54. The summed E-state index contributed by atoms with van der Waals surface area (Å²) < 4.78 is 38.8. The summed E-state index contributed by atoms with van der Waals surface area (Å²) in [6.07, 6.45) is 3.17. The minimum Gasteiger partial charge on any atom is -0.274 e. The molecule has 2 aromatic rings. The Labute approximate surface area is 111 Å². The molecule has 1 unspecified atom stereocenters. The molecule has 102 valence electrons. The molecule has 0 aliphatic carbocycles. The van der Waals surface area contributed by atoms with Crippen LogP contribution in [0.3, 0.4) is 0 Å². The quantitative estimate of drug-likeness (QED) is 0.861. The van der Waals surface area contributed by atoms with Crippen LogP contribution in [-0.4, -0.2) is 23.4 Å². The molecular formula is C13H15FN2O2S. The first kappa shape index (κ1) is 13.7. The number of hydrogen-bond donors (Lipinski definition) is 0. The number of halogens is 1. The third-order valence-corrected chi connectivity index (χ3v) is 5.07. The summed E-state index contributed by atoms with van der Waals surface area (Å²) in [7, 11) is -1.73. The van der Waals surface area contributed by atoms with E-state index in [1.165, 1.54) is 29.2 Å². The molecule has 0 saturated heterocycles. The summed E-state index contributed by atoms with van der Waals surface area (Å²) in [5.74, 6) is -0.327. The van der Waals surface area contributed by atoms with Gasteiger partial charge in [0.1, 0.15) is 10.7 Å². The first-order chi connectivity index (χ1) is 8.89. The molecule has 6 heteroatoms. The molecule has 0 spiro atoms. The Morgan fingerprint density at radius 2 is 1.95 bits per heavy atom. The highest BCUT2D eigenvalue weighted by Gasteiger charge is 2.24. The lowest BCUT2D eigenvalue weighted by Gasteiger charge is -2.11. The number of aromatic nitrogens is 2. The normalized spacial score (nSPS) is 13.4. The molecule has 0 aliphatic rings. The van der Waals surface area contributed by atoms with Gasteiger partial charge in [-0.3, -0.25) is 4.68 Å². The monoisotopic (exact) mass is 282 g/mol. The topological polar surface area (TPSA) is 52.0 Å². The standard InChI is InChI=1S/C13H15FN2O2S/c1-10(7-11-3-5-12(14)6-4-11)19(17,18)13-8-15-16(2)9-13/h3-6,8-10H,7H2,1-2H3. The summed E-state index contributed by atoms with van der Waals surface area (Å²) in [5, 5.41) is 3.29. The SMILES string of the molecule is CC(Cc1ccc(F)cc1)S(=O)(=O)c1cnn(C)c1. The molecule has 1 atom stereocenters. The molecule has 0 aliphatic heterocycles. The molecule has 1 heterocycles.